The van der Waals surface area contributed by atoms with Gasteiger partial charge in [-0.1, -0.05) is 31.2 Å². The maximum absolute atomic E-state index is 12.7. The van der Waals surface area contributed by atoms with E-state index in [0.29, 0.717) is 18.5 Å². The lowest BCUT2D eigenvalue weighted by Crippen LogP contribution is -2.41. The van der Waals surface area contributed by atoms with Gasteiger partial charge in [0.05, 0.1) is 0 Å². The van der Waals surface area contributed by atoms with Gasteiger partial charge in [0.1, 0.15) is 10.5 Å². The minimum Gasteiger partial charge on any atom is -0.452 e. The van der Waals surface area contributed by atoms with Gasteiger partial charge in [0.2, 0.25) is 0 Å². The van der Waals surface area contributed by atoms with Crippen molar-refractivity contribution in [3.63, 3.8) is 0 Å². The van der Waals surface area contributed by atoms with Crippen molar-refractivity contribution in [2.45, 2.75) is 32.1 Å². The predicted molar refractivity (Wildman–Crippen MR) is 112 cm³/mol. The molecule has 0 aliphatic rings. The first-order valence-electron chi connectivity index (χ1n) is 9.49. The van der Waals surface area contributed by atoms with E-state index in [4.69, 9.17) is 8.92 Å². The third-order valence-corrected chi connectivity index (χ3v) is 5.42. The zero-order chi connectivity index (χ0) is 23.0. The summed E-state index contributed by atoms with van der Waals surface area (Å²) in [6, 6.07) is 9.79. The summed E-state index contributed by atoms with van der Waals surface area (Å²) in [5.74, 6) is -2.05. The Bertz CT molecular complexity index is 1080. The third kappa shape index (κ3) is 6.82. The van der Waals surface area contributed by atoms with Gasteiger partial charge < -0.3 is 14.2 Å². The number of carbonyl (C=O) groups is 3. The fourth-order valence-corrected chi connectivity index (χ4v) is 3.77. The lowest BCUT2D eigenvalue weighted by atomic mass is 10.2. The average Bonchev–Trinajstić information content (AvgIpc) is 2.72. The van der Waals surface area contributed by atoms with Gasteiger partial charge in [0.25, 0.3) is 5.91 Å². The molecule has 31 heavy (non-hydrogen) atoms. The quantitative estimate of drug-likeness (QED) is 0.469. The Morgan fingerprint density at radius 2 is 1.74 bits per heavy atom. The van der Waals surface area contributed by atoms with Crippen LogP contribution >= 0.6 is 0 Å². The van der Waals surface area contributed by atoms with Crippen LogP contribution in [0.4, 0.5) is 4.79 Å². The molecule has 0 aliphatic carbocycles. The van der Waals surface area contributed by atoms with Crippen molar-refractivity contribution in [3.8, 4) is 5.75 Å². The lowest BCUT2D eigenvalue weighted by Gasteiger charge is -2.13. The predicted octanol–water partition coefficient (Wildman–Crippen LogP) is 2.46. The second-order valence-corrected chi connectivity index (χ2v) is 8.20. The first kappa shape index (κ1) is 23.9. The molecule has 166 valence electrons. The zero-order valence-corrected chi connectivity index (χ0v) is 18.2. The van der Waals surface area contributed by atoms with Crippen molar-refractivity contribution >= 4 is 28.0 Å². The summed E-state index contributed by atoms with van der Waals surface area (Å²) in [4.78, 5) is 35.6. The van der Waals surface area contributed by atoms with E-state index in [1.807, 2.05) is 12.2 Å². The molecule has 2 rings (SSSR count). The van der Waals surface area contributed by atoms with Gasteiger partial charge in [-0.15, -0.1) is 0 Å². The van der Waals surface area contributed by atoms with Gasteiger partial charge >= 0.3 is 22.1 Å². The van der Waals surface area contributed by atoms with Crippen LogP contribution in [-0.2, 0) is 19.6 Å². The highest BCUT2D eigenvalue weighted by Crippen LogP contribution is 2.25. The normalized spacial score (nSPS) is 10.8. The van der Waals surface area contributed by atoms with Crippen LogP contribution in [0.25, 0.3) is 0 Å². The molecule has 2 aromatic rings. The van der Waals surface area contributed by atoms with Crippen LogP contribution in [0.1, 0.15) is 34.8 Å². The minimum atomic E-state index is -4.22. The second kappa shape index (κ2) is 10.6. The van der Waals surface area contributed by atoms with Gasteiger partial charge in [-0.05, 0) is 49.6 Å². The first-order valence-corrected chi connectivity index (χ1v) is 10.9. The van der Waals surface area contributed by atoms with Crippen LogP contribution in [0.5, 0.6) is 5.75 Å². The molecular weight excluding hydrogens is 424 g/mol. The maximum atomic E-state index is 12.7. The van der Waals surface area contributed by atoms with Crippen molar-refractivity contribution in [2.75, 3.05) is 13.2 Å². The number of nitrogens with one attached hydrogen (secondary N) is 2. The number of amides is 3. The number of aryl methyl sites for hydroxylation is 2. The molecule has 0 saturated heterocycles. The topological polar surface area (TPSA) is 128 Å². The monoisotopic (exact) mass is 448 g/mol. The summed E-state index contributed by atoms with van der Waals surface area (Å²) in [6.45, 7) is 4.89. The molecule has 0 spiro atoms. The van der Waals surface area contributed by atoms with E-state index in [9.17, 15) is 22.8 Å². The van der Waals surface area contributed by atoms with Gasteiger partial charge in [-0.25, -0.2) is 9.59 Å². The fraction of sp³-hybridized carbons (Fsp3) is 0.286. The molecule has 0 bridgehead atoms. The Balaban J connectivity index is 2.11. The Labute approximate surface area is 180 Å². The van der Waals surface area contributed by atoms with Gasteiger partial charge in [-0.3, -0.25) is 10.1 Å². The molecule has 9 nitrogen and oxygen atoms in total. The van der Waals surface area contributed by atoms with Crippen molar-refractivity contribution < 1.29 is 31.7 Å². The largest absolute Gasteiger partial charge is 0.452 e. The van der Waals surface area contributed by atoms with Crippen LogP contribution in [0.2, 0.25) is 0 Å². The number of ether oxygens (including phenoxy) is 1. The lowest BCUT2D eigenvalue weighted by molar-refractivity contribution is -0.123. The average molecular weight is 448 g/mol. The van der Waals surface area contributed by atoms with Crippen LogP contribution in [-0.4, -0.2) is 39.5 Å². The van der Waals surface area contributed by atoms with Crippen LogP contribution in [0.3, 0.4) is 0 Å². The van der Waals surface area contributed by atoms with E-state index in [1.165, 1.54) is 30.3 Å². The number of para-hydroxylation sites is 1. The Morgan fingerprint density at radius 1 is 1.03 bits per heavy atom. The second-order valence-electron chi connectivity index (χ2n) is 6.68. The molecule has 2 N–H and O–H groups in total. The number of urea groups is 1. The first-order chi connectivity index (χ1) is 14.6. The molecule has 0 saturated carbocycles. The van der Waals surface area contributed by atoms with E-state index in [1.54, 1.807) is 26.0 Å². The zero-order valence-electron chi connectivity index (χ0n) is 17.4. The molecular formula is C21H24N2O7S. The Morgan fingerprint density at radius 3 is 2.45 bits per heavy atom. The highest BCUT2D eigenvalue weighted by Gasteiger charge is 2.24. The summed E-state index contributed by atoms with van der Waals surface area (Å²) < 4.78 is 35.6. The molecule has 10 heteroatoms. The number of carbonyl (C=O) groups excluding carboxylic acids is 3. The molecule has 0 aromatic heterocycles. The molecule has 2 aromatic carbocycles. The molecule has 0 fully saturated rings. The minimum absolute atomic E-state index is 0.0202. The maximum Gasteiger partial charge on any atom is 0.342 e. The van der Waals surface area contributed by atoms with E-state index < -0.39 is 34.6 Å². The molecule has 0 heterocycles. The van der Waals surface area contributed by atoms with Gasteiger partial charge in [0.15, 0.2) is 12.4 Å². The van der Waals surface area contributed by atoms with Crippen molar-refractivity contribution in [1.29, 1.82) is 0 Å². The summed E-state index contributed by atoms with van der Waals surface area (Å²) >= 11 is 0. The number of hydrogen-bond donors (Lipinski definition) is 2. The number of esters is 1. The summed E-state index contributed by atoms with van der Waals surface area (Å²) in [5.41, 5.74) is 1.04. The van der Waals surface area contributed by atoms with Gasteiger partial charge in [-0.2, -0.15) is 8.42 Å². The van der Waals surface area contributed by atoms with Crippen LogP contribution < -0.4 is 14.8 Å². The van der Waals surface area contributed by atoms with E-state index in [0.717, 1.165) is 5.56 Å². The SMILES string of the molecule is CCCNC(=O)NC(=O)COC(=O)c1ccccc1OS(=O)(=O)c1cc(C)ccc1C. The number of imide groups is 1. The van der Waals surface area contributed by atoms with E-state index >= 15 is 0 Å². The van der Waals surface area contributed by atoms with Crippen LogP contribution in [0, 0.1) is 13.8 Å². The molecule has 3 amide bonds. The molecule has 0 unspecified atom stereocenters. The number of benzene rings is 2. The molecule has 0 radical (unpaired) electrons. The fourth-order valence-electron chi connectivity index (χ4n) is 2.50. The third-order valence-electron chi connectivity index (χ3n) is 4.04. The Kier molecular flexibility index (Phi) is 8.14. The highest BCUT2D eigenvalue weighted by molar-refractivity contribution is 7.87. The number of hydrogen-bond acceptors (Lipinski definition) is 7. The Hall–Kier alpha value is -3.40. The smallest absolute Gasteiger partial charge is 0.342 e. The summed E-state index contributed by atoms with van der Waals surface area (Å²) in [6.07, 6.45) is 0.693. The summed E-state index contributed by atoms with van der Waals surface area (Å²) in [5, 5.41) is 4.46. The van der Waals surface area contributed by atoms with Crippen LogP contribution in [0.15, 0.2) is 47.4 Å². The summed E-state index contributed by atoms with van der Waals surface area (Å²) in [7, 11) is -4.22. The molecule has 0 aliphatic heterocycles. The van der Waals surface area contributed by atoms with Gasteiger partial charge in [0, 0.05) is 6.54 Å². The number of rotatable bonds is 8. The van der Waals surface area contributed by atoms with Crippen molar-refractivity contribution in [1.82, 2.24) is 10.6 Å². The van der Waals surface area contributed by atoms with E-state index in [2.05, 4.69) is 5.32 Å². The van der Waals surface area contributed by atoms with Crippen molar-refractivity contribution in [3.05, 3.63) is 59.2 Å². The standard InChI is InChI=1S/C21H24N2O7S/c1-4-11-22-21(26)23-19(24)13-29-20(25)16-7-5-6-8-17(16)30-31(27,28)18-12-14(2)9-10-15(18)3/h5-10,12H,4,11,13H2,1-3H3,(H2,22,23,24,26). The van der Waals surface area contributed by atoms with Crippen molar-refractivity contribution in [2.24, 2.45) is 0 Å². The highest BCUT2D eigenvalue weighted by atomic mass is 32.2. The molecule has 0 atom stereocenters. The van der Waals surface area contributed by atoms with E-state index in [-0.39, 0.29) is 16.2 Å².